The number of likely N-dealkylation sites (N-methyl/N-ethyl adjacent to an activating group) is 1. The Morgan fingerprint density at radius 1 is 1.24 bits per heavy atom. The zero-order valence-corrected chi connectivity index (χ0v) is 9.77. The number of carbonyl (C=O) groups excluding carboxylic acids is 2. The van der Waals surface area contributed by atoms with Crippen LogP contribution in [0.2, 0.25) is 0 Å². The molecule has 0 aliphatic heterocycles. The van der Waals surface area contributed by atoms with E-state index in [4.69, 9.17) is 5.73 Å². The summed E-state index contributed by atoms with van der Waals surface area (Å²) in [6.45, 7) is 2.31. The van der Waals surface area contributed by atoms with Crippen molar-refractivity contribution in [2.24, 2.45) is 5.73 Å². The summed E-state index contributed by atoms with van der Waals surface area (Å²) in [6, 6.07) is 8.28. The van der Waals surface area contributed by atoms with E-state index in [1.807, 2.05) is 25.1 Å². The molecule has 1 unspecified atom stereocenters. The fraction of sp³-hybridized carbons (Fsp3) is 0.333. The minimum Gasteiger partial charge on any atom is -0.355 e. The first kappa shape index (κ1) is 13.2. The Balaban J connectivity index is 2.45. The van der Waals surface area contributed by atoms with Crippen molar-refractivity contribution in [2.75, 3.05) is 13.1 Å². The number of rotatable bonds is 5. The second kappa shape index (κ2) is 6.65. The molecule has 0 radical (unpaired) electrons. The van der Waals surface area contributed by atoms with Crippen molar-refractivity contribution in [3.8, 4) is 0 Å². The van der Waals surface area contributed by atoms with Crippen molar-refractivity contribution in [1.82, 2.24) is 10.6 Å². The summed E-state index contributed by atoms with van der Waals surface area (Å²) >= 11 is 0. The monoisotopic (exact) mass is 235 g/mol. The third-order valence-corrected chi connectivity index (χ3v) is 2.24. The van der Waals surface area contributed by atoms with Crippen LogP contribution in [-0.2, 0) is 9.59 Å². The van der Waals surface area contributed by atoms with E-state index in [1.54, 1.807) is 12.1 Å². The average Bonchev–Trinajstić information content (AvgIpc) is 2.36. The van der Waals surface area contributed by atoms with Crippen LogP contribution in [-0.4, -0.2) is 24.9 Å². The fourth-order valence-corrected chi connectivity index (χ4v) is 1.35. The quantitative estimate of drug-likeness (QED) is 0.668. The lowest BCUT2D eigenvalue weighted by atomic mass is 10.1. The van der Waals surface area contributed by atoms with Gasteiger partial charge in [0.25, 0.3) is 0 Å². The van der Waals surface area contributed by atoms with E-state index in [9.17, 15) is 9.59 Å². The molecule has 0 bridgehead atoms. The van der Waals surface area contributed by atoms with E-state index in [-0.39, 0.29) is 18.4 Å². The molecule has 92 valence electrons. The van der Waals surface area contributed by atoms with E-state index in [0.717, 1.165) is 5.56 Å². The molecule has 0 heterocycles. The van der Waals surface area contributed by atoms with Gasteiger partial charge in [-0.25, -0.2) is 0 Å². The van der Waals surface area contributed by atoms with Crippen molar-refractivity contribution < 1.29 is 9.59 Å². The maximum Gasteiger partial charge on any atom is 0.241 e. The van der Waals surface area contributed by atoms with Gasteiger partial charge in [-0.15, -0.1) is 0 Å². The predicted molar refractivity (Wildman–Crippen MR) is 65.1 cm³/mol. The van der Waals surface area contributed by atoms with Gasteiger partial charge in [0.2, 0.25) is 11.8 Å². The normalized spacial score (nSPS) is 11.6. The Hall–Kier alpha value is -1.88. The zero-order chi connectivity index (χ0) is 12.7. The molecular weight excluding hydrogens is 218 g/mol. The smallest absolute Gasteiger partial charge is 0.241 e. The third-order valence-electron chi connectivity index (χ3n) is 2.24. The molecule has 1 atom stereocenters. The zero-order valence-electron chi connectivity index (χ0n) is 9.77. The van der Waals surface area contributed by atoms with Gasteiger partial charge in [0, 0.05) is 6.54 Å². The predicted octanol–water partition coefficient (Wildman–Crippen LogP) is -0.0613. The first-order valence-corrected chi connectivity index (χ1v) is 5.50. The summed E-state index contributed by atoms with van der Waals surface area (Å²) in [7, 11) is 0. The fourth-order valence-electron chi connectivity index (χ4n) is 1.35. The maximum absolute atomic E-state index is 11.6. The van der Waals surface area contributed by atoms with Crippen LogP contribution in [0.4, 0.5) is 0 Å². The van der Waals surface area contributed by atoms with Crippen LogP contribution < -0.4 is 16.4 Å². The summed E-state index contributed by atoms with van der Waals surface area (Å²) in [6.07, 6.45) is 0. The number of nitrogens with two attached hydrogens (primary N) is 1. The van der Waals surface area contributed by atoms with Crippen LogP contribution >= 0.6 is 0 Å². The molecule has 0 fully saturated rings. The molecule has 5 heteroatoms. The molecule has 4 N–H and O–H groups in total. The molecule has 5 nitrogen and oxygen atoms in total. The van der Waals surface area contributed by atoms with E-state index in [2.05, 4.69) is 10.6 Å². The van der Waals surface area contributed by atoms with Crippen molar-refractivity contribution in [3.05, 3.63) is 35.9 Å². The highest BCUT2D eigenvalue weighted by molar-refractivity contribution is 5.87. The Morgan fingerprint density at radius 3 is 2.47 bits per heavy atom. The van der Waals surface area contributed by atoms with Crippen molar-refractivity contribution in [1.29, 1.82) is 0 Å². The molecule has 1 rings (SSSR count). The van der Waals surface area contributed by atoms with E-state index < -0.39 is 6.04 Å². The highest BCUT2D eigenvalue weighted by atomic mass is 16.2. The number of carbonyl (C=O) groups is 2. The van der Waals surface area contributed by atoms with Crippen molar-refractivity contribution in [3.63, 3.8) is 0 Å². The lowest BCUT2D eigenvalue weighted by Gasteiger charge is -2.12. The van der Waals surface area contributed by atoms with Crippen LogP contribution in [0.3, 0.4) is 0 Å². The molecule has 1 aromatic rings. The minimum absolute atomic E-state index is 0.0484. The number of nitrogens with one attached hydrogen (secondary N) is 2. The molecule has 17 heavy (non-hydrogen) atoms. The van der Waals surface area contributed by atoms with Gasteiger partial charge in [0.1, 0.15) is 6.04 Å². The van der Waals surface area contributed by atoms with Gasteiger partial charge < -0.3 is 16.4 Å². The number of benzene rings is 1. The molecule has 0 saturated heterocycles. The Kier molecular flexibility index (Phi) is 5.16. The largest absolute Gasteiger partial charge is 0.355 e. The molecule has 0 saturated carbocycles. The minimum atomic E-state index is -0.745. The Labute approximate surface area is 100 Å². The third kappa shape index (κ3) is 4.24. The Bertz CT molecular complexity index is 379. The van der Waals surface area contributed by atoms with Crippen LogP contribution in [0.15, 0.2) is 30.3 Å². The summed E-state index contributed by atoms with van der Waals surface area (Å²) in [5.41, 5.74) is 6.48. The van der Waals surface area contributed by atoms with Crippen LogP contribution in [0.1, 0.15) is 18.5 Å². The lowest BCUT2D eigenvalue weighted by molar-refractivity contribution is -0.126. The van der Waals surface area contributed by atoms with E-state index in [1.165, 1.54) is 0 Å². The van der Waals surface area contributed by atoms with Gasteiger partial charge in [-0.2, -0.15) is 0 Å². The molecule has 0 aliphatic carbocycles. The first-order valence-electron chi connectivity index (χ1n) is 5.50. The SMILES string of the molecule is CCNC(=O)CNC(=O)C(N)c1ccccc1. The van der Waals surface area contributed by atoms with Crippen LogP contribution in [0.5, 0.6) is 0 Å². The summed E-state index contributed by atoms with van der Waals surface area (Å²) < 4.78 is 0. The molecule has 1 aromatic carbocycles. The maximum atomic E-state index is 11.6. The lowest BCUT2D eigenvalue weighted by Crippen LogP contribution is -2.40. The highest BCUT2D eigenvalue weighted by Crippen LogP contribution is 2.08. The van der Waals surface area contributed by atoms with Gasteiger partial charge >= 0.3 is 0 Å². The number of hydrogen-bond donors (Lipinski definition) is 3. The second-order valence-electron chi connectivity index (χ2n) is 3.56. The van der Waals surface area contributed by atoms with Gasteiger partial charge in [0.15, 0.2) is 0 Å². The van der Waals surface area contributed by atoms with Gasteiger partial charge in [-0.3, -0.25) is 9.59 Å². The van der Waals surface area contributed by atoms with Crippen LogP contribution in [0, 0.1) is 0 Å². The number of amides is 2. The summed E-state index contributed by atoms with van der Waals surface area (Å²) in [4.78, 5) is 22.8. The summed E-state index contributed by atoms with van der Waals surface area (Å²) in [5.74, 6) is -0.580. The summed E-state index contributed by atoms with van der Waals surface area (Å²) in [5, 5.41) is 5.07. The first-order chi connectivity index (χ1) is 8.15. The molecule has 0 aromatic heterocycles. The highest BCUT2D eigenvalue weighted by Gasteiger charge is 2.15. The standard InChI is InChI=1S/C12H17N3O2/c1-2-14-10(16)8-15-12(17)11(13)9-6-4-3-5-7-9/h3-7,11H,2,8,13H2,1H3,(H,14,16)(H,15,17). The van der Waals surface area contributed by atoms with Gasteiger partial charge in [-0.1, -0.05) is 30.3 Å². The molecule has 0 aliphatic rings. The van der Waals surface area contributed by atoms with Crippen molar-refractivity contribution in [2.45, 2.75) is 13.0 Å². The van der Waals surface area contributed by atoms with Crippen LogP contribution in [0.25, 0.3) is 0 Å². The van der Waals surface area contributed by atoms with E-state index in [0.29, 0.717) is 6.54 Å². The molecule has 0 spiro atoms. The topological polar surface area (TPSA) is 84.2 Å². The van der Waals surface area contributed by atoms with Crippen molar-refractivity contribution >= 4 is 11.8 Å². The van der Waals surface area contributed by atoms with E-state index >= 15 is 0 Å². The second-order valence-corrected chi connectivity index (χ2v) is 3.56. The Morgan fingerprint density at radius 2 is 1.88 bits per heavy atom. The van der Waals surface area contributed by atoms with Gasteiger partial charge in [0.05, 0.1) is 6.54 Å². The molecular formula is C12H17N3O2. The number of hydrogen-bond acceptors (Lipinski definition) is 3. The average molecular weight is 235 g/mol. The van der Waals surface area contributed by atoms with Gasteiger partial charge in [-0.05, 0) is 12.5 Å². The molecule has 2 amide bonds.